The normalized spacial score (nSPS) is 20.1. The van der Waals surface area contributed by atoms with Gasteiger partial charge in [-0.15, -0.1) is 11.3 Å². The minimum atomic E-state index is 0.362. The first-order valence-corrected chi connectivity index (χ1v) is 8.30. The van der Waals surface area contributed by atoms with Crippen LogP contribution in [0.4, 0.5) is 0 Å². The number of rotatable bonds is 0. The van der Waals surface area contributed by atoms with Crippen LogP contribution in [0.3, 0.4) is 0 Å². The van der Waals surface area contributed by atoms with Gasteiger partial charge in [-0.1, -0.05) is 44.9 Å². The second-order valence-electron chi connectivity index (χ2n) is 5.37. The average molecular weight is 264 g/mol. The van der Waals surface area contributed by atoms with Gasteiger partial charge in [-0.25, -0.2) is 0 Å². The van der Waals surface area contributed by atoms with Crippen molar-refractivity contribution in [3.05, 3.63) is 21.9 Å². The highest BCUT2D eigenvalue weighted by molar-refractivity contribution is 7.14. The van der Waals surface area contributed by atoms with Crippen LogP contribution in [0, 0.1) is 0 Å². The molecule has 0 saturated heterocycles. The lowest BCUT2D eigenvalue weighted by atomic mass is 10.0. The summed E-state index contributed by atoms with van der Waals surface area (Å²) in [5.74, 6) is 0.362. The number of ketones is 1. The topological polar surface area (TPSA) is 17.1 Å². The third kappa shape index (κ3) is 4.56. The predicted octanol–water partition coefficient (Wildman–Crippen LogP) is 5.39. The van der Waals surface area contributed by atoms with E-state index in [0.717, 1.165) is 24.1 Å². The van der Waals surface area contributed by atoms with Crippen molar-refractivity contribution in [3.63, 3.8) is 0 Å². The lowest BCUT2D eigenvalue weighted by molar-refractivity contribution is 0.0983. The highest BCUT2D eigenvalue weighted by Crippen LogP contribution is 2.22. The Morgan fingerprint density at radius 3 is 1.94 bits per heavy atom. The summed E-state index contributed by atoms with van der Waals surface area (Å²) in [5, 5.41) is 0. The van der Waals surface area contributed by atoms with E-state index in [0.29, 0.717) is 5.78 Å². The molecule has 1 aromatic rings. The first-order chi connectivity index (χ1) is 8.86. The minimum Gasteiger partial charge on any atom is -0.293 e. The molecule has 1 nitrogen and oxygen atoms in total. The number of carbonyl (C=O) groups excluding carboxylic acids is 1. The Labute approximate surface area is 115 Å². The molecule has 2 rings (SSSR count). The summed E-state index contributed by atoms with van der Waals surface area (Å²) in [4.78, 5) is 14.4. The van der Waals surface area contributed by atoms with Crippen molar-refractivity contribution in [3.8, 4) is 0 Å². The van der Waals surface area contributed by atoms with Crippen molar-refractivity contribution >= 4 is 17.1 Å². The van der Waals surface area contributed by atoms with Gasteiger partial charge in [0.1, 0.15) is 0 Å². The summed E-state index contributed by atoms with van der Waals surface area (Å²) in [6.07, 6.45) is 13.7. The third-order valence-electron chi connectivity index (χ3n) is 3.76. The van der Waals surface area contributed by atoms with E-state index >= 15 is 0 Å². The fourth-order valence-electron chi connectivity index (χ4n) is 2.61. The Morgan fingerprint density at radius 2 is 1.28 bits per heavy atom. The molecule has 0 amide bonds. The van der Waals surface area contributed by atoms with Crippen LogP contribution in [0.15, 0.2) is 12.1 Å². The number of Topliss-reactive ketones (excluding diaryl/α,β-unsaturated/α-hetero) is 1. The van der Waals surface area contributed by atoms with Gasteiger partial charge in [-0.05, 0) is 31.4 Å². The van der Waals surface area contributed by atoms with Gasteiger partial charge in [0.15, 0.2) is 5.78 Å². The van der Waals surface area contributed by atoms with Gasteiger partial charge in [-0.3, -0.25) is 4.79 Å². The van der Waals surface area contributed by atoms with Crippen LogP contribution in [0.5, 0.6) is 0 Å². The van der Waals surface area contributed by atoms with Gasteiger partial charge in [0.2, 0.25) is 0 Å². The molecule has 0 aliphatic carbocycles. The zero-order chi connectivity index (χ0) is 12.6. The molecular weight excluding hydrogens is 240 g/mol. The fourth-order valence-corrected chi connectivity index (χ4v) is 3.62. The van der Waals surface area contributed by atoms with Crippen molar-refractivity contribution < 1.29 is 4.79 Å². The summed E-state index contributed by atoms with van der Waals surface area (Å²) in [5.41, 5.74) is 0. The first-order valence-electron chi connectivity index (χ1n) is 7.48. The fraction of sp³-hybridized carbons (Fsp3) is 0.688. The molecule has 18 heavy (non-hydrogen) atoms. The Bertz CT molecular complexity index is 367. The van der Waals surface area contributed by atoms with E-state index in [-0.39, 0.29) is 0 Å². The van der Waals surface area contributed by atoms with Gasteiger partial charge in [0, 0.05) is 11.3 Å². The van der Waals surface area contributed by atoms with E-state index in [9.17, 15) is 4.79 Å². The SMILES string of the molecule is O=C1CCCCCCCCCCCc2ccc1s2. The molecule has 0 atom stereocenters. The molecule has 1 aliphatic rings. The maximum atomic E-state index is 12.0. The third-order valence-corrected chi connectivity index (χ3v) is 4.95. The molecule has 0 unspecified atom stereocenters. The van der Waals surface area contributed by atoms with Crippen LogP contribution in [0.25, 0.3) is 0 Å². The second-order valence-corrected chi connectivity index (χ2v) is 6.54. The molecule has 0 N–H and O–H groups in total. The lowest BCUT2D eigenvalue weighted by Crippen LogP contribution is -1.95. The molecule has 1 aliphatic heterocycles. The summed E-state index contributed by atoms with van der Waals surface area (Å²) >= 11 is 1.72. The van der Waals surface area contributed by atoms with E-state index in [2.05, 4.69) is 6.07 Å². The van der Waals surface area contributed by atoms with Crippen LogP contribution in [-0.2, 0) is 6.42 Å². The maximum Gasteiger partial charge on any atom is 0.172 e. The zero-order valence-corrected chi connectivity index (χ0v) is 12.1. The van der Waals surface area contributed by atoms with Gasteiger partial charge < -0.3 is 0 Å². The van der Waals surface area contributed by atoms with Crippen molar-refractivity contribution in [1.82, 2.24) is 0 Å². The highest BCUT2D eigenvalue weighted by Gasteiger charge is 2.09. The number of carbonyl (C=O) groups is 1. The van der Waals surface area contributed by atoms with E-state index < -0.39 is 0 Å². The summed E-state index contributed by atoms with van der Waals surface area (Å²) in [7, 11) is 0. The molecule has 2 bridgehead atoms. The number of hydrogen-bond acceptors (Lipinski definition) is 2. The van der Waals surface area contributed by atoms with Crippen LogP contribution in [0.2, 0.25) is 0 Å². The lowest BCUT2D eigenvalue weighted by Gasteiger charge is -2.01. The molecule has 0 aromatic carbocycles. The maximum absolute atomic E-state index is 12.0. The van der Waals surface area contributed by atoms with Crippen molar-refractivity contribution in [1.29, 1.82) is 0 Å². The molecule has 0 fully saturated rings. The monoisotopic (exact) mass is 264 g/mol. The van der Waals surface area contributed by atoms with Crippen molar-refractivity contribution in [2.24, 2.45) is 0 Å². The molecule has 0 radical (unpaired) electrons. The predicted molar refractivity (Wildman–Crippen MR) is 78.5 cm³/mol. The number of hydrogen-bond donors (Lipinski definition) is 0. The van der Waals surface area contributed by atoms with E-state index in [1.807, 2.05) is 6.07 Å². The Kier molecular flexibility index (Phi) is 5.92. The van der Waals surface area contributed by atoms with E-state index in [1.165, 1.54) is 56.2 Å². The van der Waals surface area contributed by atoms with Crippen LogP contribution < -0.4 is 0 Å². The zero-order valence-electron chi connectivity index (χ0n) is 11.2. The molecule has 1 aromatic heterocycles. The minimum absolute atomic E-state index is 0.362. The Morgan fingerprint density at radius 1 is 0.722 bits per heavy atom. The van der Waals surface area contributed by atoms with Gasteiger partial charge in [-0.2, -0.15) is 0 Å². The highest BCUT2D eigenvalue weighted by atomic mass is 32.1. The molecule has 0 saturated carbocycles. The molecule has 2 heteroatoms. The smallest absolute Gasteiger partial charge is 0.172 e. The molecule has 100 valence electrons. The van der Waals surface area contributed by atoms with E-state index in [4.69, 9.17) is 0 Å². The van der Waals surface area contributed by atoms with Crippen molar-refractivity contribution in [2.75, 3.05) is 0 Å². The number of thiophene rings is 1. The quantitative estimate of drug-likeness (QED) is 0.614. The van der Waals surface area contributed by atoms with Crippen LogP contribution >= 0.6 is 11.3 Å². The van der Waals surface area contributed by atoms with Gasteiger partial charge in [0.05, 0.1) is 4.88 Å². The molecule has 0 spiro atoms. The van der Waals surface area contributed by atoms with Crippen LogP contribution in [-0.4, -0.2) is 5.78 Å². The summed E-state index contributed by atoms with van der Waals surface area (Å²) < 4.78 is 0. The van der Waals surface area contributed by atoms with Crippen molar-refractivity contribution in [2.45, 2.75) is 70.6 Å². The van der Waals surface area contributed by atoms with Gasteiger partial charge in [0.25, 0.3) is 0 Å². The molecule has 2 heterocycles. The number of fused-ring (bicyclic) bond motifs is 2. The number of aryl methyl sites for hydroxylation is 1. The summed E-state index contributed by atoms with van der Waals surface area (Å²) in [6, 6.07) is 4.19. The summed E-state index contributed by atoms with van der Waals surface area (Å²) in [6.45, 7) is 0. The van der Waals surface area contributed by atoms with E-state index in [1.54, 1.807) is 11.3 Å². The average Bonchev–Trinajstić information content (AvgIpc) is 2.83. The molecular formula is C16H24OS. The van der Waals surface area contributed by atoms with Gasteiger partial charge >= 0.3 is 0 Å². The largest absolute Gasteiger partial charge is 0.293 e. The Balaban J connectivity index is 1.90. The first kappa shape index (κ1) is 13.8. The second kappa shape index (κ2) is 7.73. The standard InChI is InChI=1S/C16H24OS/c17-15-11-9-7-5-3-1-2-4-6-8-10-14-12-13-16(15)18-14/h12-13H,1-11H2. The Hall–Kier alpha value is -0.630. The van der Waals surface area contributed by atoms with Crippen LogP contribution in [0.1, 0.15) is 78.8 Å².